The average molecular weight is 228 g/mol. The Morgan fingerprint density at radius 1 is 1.47 bits per heavy atom. The Morgan fingerprint density at radius 2 is 2.13 bits per heavy atom. The standard InChI is InChI=1S/C11H14ClNO2/c1-13-11(14)15-8-7-10(12)9-5-3-2-4-6-9/h2-6,10H,7-8H2,1H3,(H,13,14). The molecule has 1 aromatic rings. The van der Waals surface area contributed by atoms with Crippen LogP contribution in [0.1, 0.15) is 17.4 Å². The molecule has 0 saturated carbocycles. The third kappa shape index (κ3) is 4.21. The maximum absolute atomic E-state index is 10.8. The number of carbonyl (C=O) groups excluding carboxylic acids is 1. The predicted octanol–water partition coefficient (Wildman–Crippen LogP) is 2.71. The lowest BCUT2D eigenvalue weighted by Gasteiger charge is -2.09. The van der Waals surface area contributed by atoms with Gasteiger partial charge in [0.25, 0.3) is 0 Å². The predicted molar refractivity (Wildman–Crippen MR) is 60.1 cm³/mol. The number of rotatable bonds is 4. The molecular weight excluding hydrogens is 214 g/mol. The minimum absolute atomic E-state index is 0.115. The number of alkyl carbamates (subject to hydrolysis) is 1. The average Bonchev–Trinajstić information content (AvgIpc) is 2.29. The Labute approximate surface area is 94.4 Å². The van der Waals surface area contributed by atoms with Crippen LogP contribution >= 0.6 is 11.6 Å². The van der Waals surface area contributed by atoms with Crippen LogP contribution in [0, 0.1) is 0 Å². The van der Waals surface area contributed by atoms with Crippen molar-refractivity contribution in [1.82, 2.24) is 5.32 Å². The Bertz CT molecular complexity index is 303. The Kier molecular flexibility index (Phi) is 4.98. The number of hydrogen-bond acceptors (Lipinski definition) is 2. The van der Waals surface area contributed by atoms with Gasteiger partial charge in [0.1, 0.15) is 0 Å². The molecule has 1 rings (SSSR count). The van der Waals surface area contributed by atoms with E-state index in [1.54, 1.807) is 0 Å². The lowest BCUT2D eigenvalue weighted by atomic mass is 10.1. The first kappa shape index (κ1) is 11.9. The zero-order valence-electron chi connectivity index (χ0n) is 8.57. The van der Waals surface area contributed by atoms with E-state index in [4.69, 9.17) is 16.3 Å². The minimum Gasteiger partial charge on any atom is -0.450 e. The Hall–Kier alpha value is -1.22. The van der Waals surface area contributed by atoms with Gasteiger partial charge in [-0.3, -0.25) is 0 Å². The highest BCUT2D eigenvalue weighted by molar-refractivity contribution is 6.20. The minimum atomic E-state index is -0.424. The lowest BCUT2D eigenvalue weighted by Crippen LogP contribution is -2.20. The first-order valence-electron chi connectivity index (χ1n) is 4.77. The van der Waals surface area contributed by atoms with Crippen LogP contribution in [0.3, 0.4) is 0 Å². The normalized spacial score (nSPS) is 11.9. The molecule has 15 heavy (non-hydrogen) atoms. The second kappa shape index (κ2) is 6.30. The van der Waals surface area contributed by atoms with Crippen molar-refractivity contribution < 1.29 is 9.53 Å². The number of ether oxygens (including phenoxy) is 1. The zero-order chi connectivity index (χ0) is 11.1. The first-order valence-corrected chi connectivity index (χ1v) is 5.21. The van der Waals surface area contributed by atoms with Gasteiger partial charge in [-0.15, -0.1) is 11.6 Å². The molecule has 0 aliphatic carbocycles. The van der Waals surface area contributed by atoms with Gasteiger partial charge in [-0.1, -0.05) is 30.3 Å². The number of alkyl halides is 1. The van der Waals surface area contributed by atoms with Gasteiger partial charge in [-0.25, -0.2) is 4.79 Å². The van der Waals surface area contributed by atoms with Crippen LogP contribution in [0.15, 0.2) is 30.3 Å². The van der Waals surface area contributed by atoms with Crippen molar-refractivity contribution in [2.75, 3.05) is 13.7 Å². The molecule has 0 spiro atoms. The van der Waals surface area contributed by atoms with Crippen LogP contribution in [-0.2, 0) is 4.74 Å². The molecule has 1 atom stereocenters. The summed E-state index contributed by atoms with van der Waals surface area (Å²) in [6, 6.07) is 9.72. The Balaban J connectivity index is 2.31. The van der Waals surface area contributed by atoms with Crippen LogP contribution < -0.4 is 5.32 Å². The fourth-order valence-electron chi connectivity index (χ4n) is 1.16. The van der Waals surface area contributed by atoms with Gasteiger partial charge >= 0.3 is 6.09 Å². The van der Waals surface area contributed by atoms with E-state index in [1.165, 1.54) is 7.05 Å². The van der Waals surface area contributed by atoms with E-state index in [9.17, 15) is 4.79 Å². The van der Waals surface area contributed by atoms with Crippen LogP contribution in [0.25, 0.3) is 0 Å². The van der Waals surface area contributed by atoms with Crippen LogP contribution in [-0.4, -0.2) is 19.7 Å². The van der Waals surface area contributed by atoms with E-state index in [0.29, 0.717) is 13.0 Å². The van der Waals surface area contributed by atoms with Crippen LogP contribution in [0.4, 0.5) is 4.79 Å². The summed E-state index contributed by atoms with van der Waals surface area (Å²) in [5, 5.41) is 2.26. The quantitative estimate of drug-likeness (QED) is 0.804. The van der Waals surface area contributed by atoms with Crippen molar-refractivity contribution in [3.05, 3.63) is 35.9 Å². The summed E-state index contributed by atoms with van der Waals surface area (Å²) < 4.78 is 4.85. The first-order chi connectivity index (χ1) is 7.24. The molecule has 1 unspecified atom stereocenters. The van der Waals surface area contributed by atoms with Crippen molar-refractivity contribution in [2.24, 2.45) is 0 Å². The SMILES string of the molecule is CNC(=O)OCCC(Cl)c1ccccc1. The second-order valence-electron chi connectivity index (χ2n) is 3.05. The third-order valence-electron chi connectivity index (χ3n) is 1.97. The topological polar surface area (TPSA) is 38.3 Å². The molecule has 0 bridgehead atoms. The van der Waals surface area contributed by atoms with Crippen molar-refractivity contribution in [3.63, 3.8) is 0 Å². The summed E-state index contributed by atoms with van der Waals surface area (Å²) in [6.45, 7) is 0.322. The fourth-order valence-corrected chi connectivity index (χ4v) is 1.39. The van der Waals surface area contributed by atoms with Crippen molar-refractivity contribution in [2.45, 2.75) is 11.8 Å². The summed E-state index contributed by atoms with van der Waals surface area (Å²) in [7, 11) is 1.53. The molecule has 1 aromatic carbocycles. The van der Waals surface area contributed by atoms with Gasteiger partial charge in [-0.2, -0.15) is 0 Å². The van der Waals surface area contributed by atoms with Crippen LogP contribution in [0.2, 0.25) is 0 Å². The molecule has 0 aromatic heterocycles. The van der Waals surface area contributed by atoms with Gasteiger partial charge in [0.05, 0.1) is 12.0 Å². The Morgan fingerprint density at radius 3 is 2.73 bits per heavy atom. The maximum Gasteiger partial charge on any atom is 0.406 e. The second-order valence-corrected chi connectivity index (χ2v) is 3.58. The molecule has 0 aliphatic heterocycles. The number of hydrogen-bond donors (Lipinski definition) is 1. The van der Waals surface area contributed by atoms with Gasteiger partial charge in [0.15, 0.2) is 0 Å². The molecular formula is C11H14ClNO2. The van der Waals surface area contributed by atoms with Gasteiger partial charge in [0.2, 0.25) is 0 Å². The van der Waals surface area contributed by atoms with Crippen molar-refractivity contribution >= 4 is 17.7 Å². The van der Waals surface area contributed by atoms with E-state index < -0.39 is 6.09 Å². The van der Waals surface area contributed by atoms with E-state index in [-0.39, 0.29) is 5.38 Å². The van der Waals surface area contributed by atoms with Gasteiger partial charge < -0.3 is 10.1 Å². The number of halogens is 1. The van der Waals surface area contributed by atoms with E-state index in [2.05, 4.69) is 5.32 Å². The number of amides is 1. The highest BCUT2D eigenvalue weighted by Crippen LogP contribution is 2.23. The van der Waals surface area contributed by atoms with E-state index in [0.717, 1.165) is 5.56 Å². The lowest BCUT2D eigenvalue weighted by molar-refractivity contribution is 0.147. The summed E-state index contributed by atoms with van der Waals surface area (Å²) in [4.78, 5) is 10.8. The van der Waals surface area contributed by atoms with Crippen molar-refractivity contribution in [1.29, 1.82) is 0 Å². The molecule has 82 valence electrons. The summed E-state index contributed by atoms with van der Waals surface area (Å²) >= 11 is 6.12. The fraction of sp³-hybridized carbons (Fsp3) is 0.364. The number of carbonyl (C=O) groups is 1. The number of nitrogens with one attached hydrogen (secondary N) is 1. The number of benzene rings is 1. The molecule has 1 N–H and O–H groups in total. The molecule has 0 aliphatic rings. The van der Waals surface area contributed by atoms with Gasteiger partial charge in [-0.05, 0) is 5.56 Å². The molecule has 0 radical (unpaired) electrons. The van der Waals surface area contributed by atoms with Gasteiger partial charge in [0, 0.05) is 13.5 Å². The van der Waals surface area contributed by atoms with E-state index in [1.807, 2.05) is 30.3 Å². The highest BCUT2D eigenvalue weighted by atomic mass is 35.5. The summed E-state index contributed by atoms with van der Waals surface area (Å²) in [6.07, 6.45) is 0.186. The van der Waals surface area contributed by atoms with Crippen molar-refractivity contribution in [3.8, 4) is 0 Å². The molecule has 4 heteroatoms. The van der Waals surface area contributed by atoms with Crippen LogP contribution in [0.5, 0.6) is 0 Å². The summed E-state index contributed by atoms with van der Waals surface area (Å²) in [5.74, 6) is 0. The third-order valence-corrected chi connectivity index (χ3v) is 2.44. The zero-order valence-corrected chi connectivity index (χ0v) is 9.33. The largest absolute Gasteiger partial charge is 0.450 e. The van der Waals surface area contributed by atoms with E-state index >= 15 is 0 Å². The molecule has 3 nitrogen and oxygen atoms in total. The molecule has 0 saturated heterocycles. The molecule has 0 fully saturated rings. The highest BCUT2D eigenvalue weighted by Gasteiger charge is 2.08. The maximum atomic E-state index is 10.8. The molecule has 1 amide bonds. The summed E-state index contributed by atoms with van der Waals surface area (Å²) in [5.41, 5.74) is 1.04. The smallest absolute Gasteiger partial charge is 0.406 e. The monoisotopic (exact) mass is 227 g/mol. The molecule has 0 heterocycles.